The van der Waals surface area contributed by atoms with E-state index in [1.807, 2.05) is 0 Å². The van der Waals surface area contributed by atoms with Crippen molar-refractivity contribution >= 4 is 35.1 Å². The molecule has 0 unspecified atom stereocenters. The molecule has 0 heterocycles. The van der Waals surface area contributed by atoms with Crippen LogP contribution in [0.1, 0.15) is 6.42 Å². The summed E-state index contributed by atoms with van der Waals surface area (Å²) in [5, 5.41) is 0. The molecule has 1 fully saturated rings. The molecule has 0 radical (unpaired) electrons. The predicted octanol–water partition coefficient (Wildman–Crippen LogP) is 3.52. The molecule has 1 saturated carbocycles. The molecule has 2 aliphatic rings. The third-order valence-corrected chi connectivity index (χ3v) is 22.9. The Hall–Kier alpha value is -2.33. The van der Waals surface area contributed by atoms with E-state index in [1.54, 1.807) is 7.11 Å². The van der Waals surface area contributed by atoms with Gasteiger partial charge in [-0.25, -0.2) is 0 Å². The van der Waals surface area contributed by atoms with E-state index < -0.39 is 18.4 Å². The van der Waals surface area contributed by atoms with Crippen LogP contribution in [0.4, 0.5) is 0 Å². The number of hydrogen-bond acceptors (Lipinski definition) is 2. The van der Waals surface area contributed by atoms with Crippen LogP contribution in [-0.2, 0) is 9.53 Å². The van der Waals surface area contributed by atoms with Crippen LogP contribution < -0.4 is 10.7 Å². The second-order valence-electron chi connectivity index (χ2n) is 8.43. The van der Waals surface area contributed by atoms with Gasteiger partial charge in [0.2, 0.25) is 0 Å². The molecule has 4 atom stereocenters. The van der Waals surface area contributed by atoms with E-state index in [0.717, 1.165) is 6.42 Å². The van der Waals surface area contributed by atoms with Crippen molar-refractivity contribution in [1.29, 1.82) is 0 Å². The van der Waals surface area contributed by atoms with Gasteiger partial charge < -0.3 is 0 Å². The Balaban J connectivity index is 1.85. The molecule has 2 bridgehead atoms. The van der Waals surface area contributed by atoms with Crippen molar-refractivity contribution in [2.45, 2.75) is 10.4 Å². The number of rotatable bonds is 5. The van der Waals surface area contributed by atoms with Crippen LogP contribution in [-0.4, -0.2) is 31.5 Å². The molecule has 2 nitrogen and oxygen atoms in total. The van der Waals surface area contributed by atoms with Crippen LogP contribution in [0.3, 0.4) is 0 Å². The molecule has 0 aliphatic heterocycles. The molecule has 0 spiro atoms. The number of benzene rings is 3. The first-order valence-corrected chi connectivity index (χ1v) is 16.6. The van der Waals surface area contributed by atoms with Crippen molar-refractivity contribution in [3.8, 4) is 0 Å². The fraction of sp³-hybridized carbons (Fsp3) is 0.222. The van der Waals surface area contributed by atoms with E-state index in [1.165, 1.54) is 10.7 Å². The average Bonchev–Trinajstić information content (AvgIpc) is 3.44. The van der Waals surface area contributed by atoms with Gasteiger partial charge in [-0.2, -0.15) is 0 Å². The molecule has 150 valence electrons. The summed E-state index contributed by atoms with van der Waals surface area (Å²) in [5.74, 6) is 0.609. The topological polar surface area (TPSA) is 26.3 Å². The van der Waals surface area contributed by atoms with Crippen LogP contribution in [0.25, 0.3) is 0 Å². The van der Waals surface area contributed by atoms with Gasteiger partial charge in [0.15, 0.2) is 0 Å². The Kier molecular flexibility index (Phi) is 5.28. The normalized spacial score (nSPS) is 24.7. The second kappa shape index (κ2) is 8.07. The van der Waals surface area contributed by atoms with E-state index >= 15 is 0 Å². The van der Waals surface area contributed by atoms with Gasteiger partial charge in [0.25, 0.3) is 0 Å². The fourth-order valence-electron chi connectivity index (χ4n) is 6.05. The van der Waals surface area contributed by atoms with Crippen molar-refractivity contribution < 1.29 is 9.53 Å². The quantitative estimate of drug-likeness (QED) is 0.304. The zero-order valence-electron chi connectivity index (χ0n) is 17.1. The summed E-state index contributed by atoms with van der Waals surface area (Å²) >= 11 is -3.61. The average molecular weight is 501 g/mol. The van der Waals surface area contributed by atoms with Gasteiger partial charge in [0, 0.05) is 0 Å². The first kappa shape index (κ1) is 19.6. The van der Waals surface area contributed by atoms with Gasteiger partial charge in [0.1, 0.15) is 0 Å². The van der Waals surface area contributed by atoms with E-state index in [0.29, 0.717) is 15.8 Å². The van der Waals surface area contributed by atoms with Gasteiger partial charge in [-0.05, 0) is 0 Å². The van der Waals surface area contributed by atoms with Crippen molar-refractivity contribution in [2.75, 3.05) is 7.11 Å². The summed E-state index contributed by atoms with van der Waals surface area (Å²) in [6, 6.07) is 33.0. The van der Waals surface area contributed by atoms with Crippen LogP contribution in [0.2, 0.25) is 3.93 Å². The number of methoxy groups -OCH3 is 1. The van der Waals surface area contributed by atoms with Crippen LogP contribution in [0.5, 0.6) is 0 Å². The molecule has 30 heavy (non-hydrogen) atoms. The maximum absolute atomic E-state index is 13.1. The van der Waals surface area contributed by atoms with Crippen molar-refractivity contribution in [2.24, 2.45) is 17.8 Å². The van der Waals surface area contributed by atoms with Gasteiger partial charge >= 0.3 is 183 Å². The summed E-state index contributed by atoms with van der Waals surface area (Å²) < 4.78 is 9.98. The maximum atomic E-state index is 13.1. The SMILES string of the molecule is COC(=O)[C@H]1[C@H]([Sn]([c]2ccccc2)([c]2ccccc2)[c]2ccccc2)[C@H]2C=C[C@@H]1C2. The number of carbonyl (C=O) groups excluding carboxylic acids is 1. The summed E-state index contributed by atoms with van der Waals surface area (Å²) in [6.07, 6.45) is 5.71. The molecule has 0 aromatic heterocycles. The Labute approximate surface area is 182 Å². The number of fused-ring (bicyclic) bond motifs is 2. The molecule has 0 saturated heterocycles. The van der Waals surface area contributed by atoms with E-state index in [-0.39, 0.29) is 11.9 Å². The zero-order chi connectivity index (χ0) is 20.6. The van der Waals surface area contributed by atoms with E-state index in [9.17, 15) is 4.79 Å². The number of ether oxygens (including phenoxy) is 1. The van der Waals surface area contributed by atoms with E-state index in [2.05, 4.69) is 103 Å². The molecule has 3 aromatic rings. The Morgan fingerprint density at radius 2 is 1.17 bits per heavy atom. The molecule has 2 aliphatic carbocycles. The Bertz CT molecular complexity index is 949. The predicted molar refractivity (Wildman–Crippen MR) is 124 cm³/mol. The van der Waals surface area contributed by atoms with Crippen LogP contribution in [0.15, 0.2) is 103 Å². The van der Waals surface area contributed by atoms with E-state index in [4.69, 9.17) is 4.74 Å². The van der Waals surface area contributed by atoms with Crippen molar-refractivity contribution in [3.05, 3.63) is 103 Å². The van der Waals surface area contributed by atoms with Gasteiger partial charge in [0.05, 0.1) is 0 Å². The number of esters is 1. The third-order valence-electron chi connectivity index (χ3n) is 7.12. The zero-order valence-corrected chi connectivity index (χ0v) is 20.0. The fourth-order valence-corrected chi connectivity index (χ4v) is 23.5. The van der Waals surface area contributed by atoms with Crippen molar-refractivity contribution in [3.63, 3.8) is 0 Å². The number of carbonyl (C=O) groups is 1. The Morgan fingerprint density at radius 3 is 1.60 bits per heavy atom. The minimum atomic E-state index is -3.61. The first-order chi connectivity index (χ1) is 14.8. The third kappa shape index (κ3) is 2.96. The molecular weight excluding hydrogens is 475 g/mol. The minimum absolute atomic E-state index is 0.0410. The van der Waals surface area contributed by atoms with Crippen molar-refractivity contribution in [1.82, 2.24) is 0 Å². The molecule has 0 N–H and O–H groups in total. The summed E-state index contributed by atoms with van der Waals surface area (Å²) in [7, 11) is 1.54. The monoisotopic (exact) mass is 502 g/mol. The van der Waals surface area contributed by atoms with Crippen LogP contribution >= 0.6 is 0 Å². The molecule has 3 heteroatoms. The van der Waals surface area contributed by atoms with Gasteiger partial charge in [-0.15, -0.1) is 0 Å². The summed E-state index contributed by atoms with van der Waals surface area (Å²) in [6.45, 7) is 0. The number of hydrogen-bond donors (Lipinski definition) is 0. The standard InChI is InChI=1S/C9H11O2.3C6H5.Sn/c1-11-9(10)8-5-6-2-3-7(8)4-6;3*1-2-4-6-5-3-1;/h2-3,5-8H,4H2,1H3;3*1-5H;/t6-,7+,8-;;;;/m0..../s1. The van der Waals surface area contributed by atoms with Gasteiger partial charge in [-0.1, -0.05) is 0 Å². The summed E-state index contributed by atoms with van der Waals surface area (Å²) in [5.41, 5.74) is 0. The first-order valence-electron chi connectivity index (χ1n) is 10.7. The molecule has 5 rings (SSSR count). The Morgan fingerprint density at radius 1 is 0.733 bits per heavy atom. The van der Waals surface area contributed by atoms with Crippen LogP contribution in [0, 0.1) is 17.8 Å². The molecule has 0 amide bonds. The molecular formula is C27H26O2Sn. The number of allylic oxidation sites excluding steroid dienone is 2. The van der Waals surface area contributed by atoms with Gasteiger partial charge in [-0.3, -0.25) is 0 Å². The molecule has 3 aromatic carbocycles. The second-order valence-corrected chi connectivity index (χ2v) is 19.9. The summed E-state index contributed by atoms with van der Waals surface area (Å²) in [4.78, 5) is 13.1.